The van der Waals surface area contributed by atoms with Crippen LogP contribution in [0.15, 0.2) is 42.5 Å². The number of pyridine rings is 1. The molecule has 0 bridgehead atoms. The standard InChI is InChI=1S/C23H24FN3O2/c1-15-3-5-21-18(11-15)13-19(16(2)26-21)23(28)25-14-17-4-6-22(20(24)12-17)27-7-9-29-10-8-27/h3-6,11-13H,7-10,14H2,1-2H3,(H,25,28). The minimum atomic E-state index is -0.280. The van der Waals surface area contributed by atoms with Gasteiger partial charge >= 0.3 is 0 Å². The Morgan fingerprint density at radius 3 is 2.69 bits per heavy atom. The number of halogens is 1. The number of hydrogen-bond donors (Lipinski definition) is 1. The number of rotatable bonds is 4. The number of carbonyl (C=O) groups excluding carboxylic acids is 1. The van der Waals surface area contributed by atoms with Gasteiger partial charge in [0, 0.05) is 25.0 Å². The third kappa shape index (κ3) is 4.22. The zero-order valence-electron chi connectivity index (χ0n) is 16.7. The first-order chi connectivity index (χ1) is 14.0. The zero-order chi connectivity index (χ0) is 20.4. The van der Waals surface area contributed by atoms with Gasteiger partial charge in [-0.2, -0.15) is 0 Å². The largest absolute Gasteiger partial charge is 0.378 e. The minimum Gasteiger partial charge on any atom is -0.378 e. The number of carbonyl (C=O) groups is 1. The smallest absolute Gasteiger partial charge is 0.253 e. The van der Waals surface area contributed by atoms with E-state index in [9.17, 15) is 9.18 Å². The van der Waals surface area contributed by atoms with E-state index in [4.69, 9.17) is 4.74 Å². The van der Waals surface area contributed by atoms with E-state index >= 15 is 0 Å². The van der Waals surface area contributed by atoms with Crippen molar-refractivity contribution in [2.75, 3.05) is 31.2 Å². The van der Waals surface area contributed by atoms with Crippen molar-refractivity contribution in [2.45, 2.75) is 20.4 Å². The molecule has 2 heterocycles. The maximum atomic E-state index is 14.6. The van der Waals surface area contributed by atoms with Crippen molar-refractivity contribution < 1.29 is 13.9 Å². The number of aryl methyl sites for hydroxylation is 2. The van der Waals surface area contributed by atoms with Gasteiger partial charge in [-0.05, 0) is 49.7 Å². The van der Waals surface area contributed by atoms with Crippen LogP contribution in [0.1, 0.15) is 27.2 Å². The third-order valence-electron chi connectivity index (χ3n) is 5.22. The van der Waals surface area contributed by atoms with Crippen LogP contribution in [-0.4, -0.2) is 37.2 Å². The van der Waals surface area contributed by atoms with Gasteiger partial charge in [0.15, 0.2) is 0 Å². The Bertz CT molecular complexity index is 1060. The first kappa shape index (κ1) is 19.3. The summed E-state index contributed by atoms with van der Waals surface area (Å²) >= 11 is 0. The molecule has 150 valence electrons. The van der Waals surface area contributed by atoms with Crippen LogP contribution in [0, 0.1) is 19.7 Å². The van der Waals surface area contributed by atoms with Crippen LogP contribution in [0.4, 0.5) is 10.1 Å². The molecule has 0 aliphatic carbocycles. The van der Waals surface area contributed by atoms with Gasteiger partial charge in [-0.3, -0.25) is 9.78 Å². The molecule has 2 aromatic carbocycles. The summed E-state index contributed by atoms with van der Waals surface area (Å²) in [4.78, 5) is 19.2. The van der Waals surface area contributed by atoms with Crippen molar-refractivity contribution in [3.63, 3.8) is 0 Å². The molecule has 1 fully saturated rings. The van der Waals surface area contributed by atoms with Crippen LogP contribution < -0.4 is 10.2 Å². The number of ether oxygens (including phenoxy) is 1. The second-order valence-electron chi connectivity index (χ2n) is 7.39. The normalized spacial score (nSPS) is 14.2. The van der Waals surface area contributed by atoms with E-state index in [0.717, 1.165) is 22.0 Å². The van der Waals surface area contributed by atoms with Crippen molar-refractivity contribution in [1.82, 2.24) is 10.3 Å². The molecular weight excluding hydrogens is 369 g/mol. The Morgan fingerprint density at radius 1 is 1.14 bits per heavy atom. The molecule has 1 N–H and O–H groups in total. The number of nitrogens with zero attached hydrogens (tertiary/aromatic N) is 2. The molecule has 6 heteroatoms. The van der Waals surface area contributed by atoms with Crippen LogP contribution in [0.25, 0.3) is 10.9 Å². The summed E-state index contributed by atoms with van der Waals surface area (Å²) in [6.07, 6.45) is 0. The highest BCUT2D eigenvalue weighted by Gasteiger charge is 2.16. The van der Waals surface area contributed by atoms with Crippen molar-refractivity contribution in [3.05, 3.63) is 70.7 Å². The zero-order valence-corrected chi connectivity index (χ0v) is 16.7. The van der Waals surface area contributed by atoms with Crippen molar-refractivity contribution in [3.8, 4) is 0 Å². The lowest BCUT2D eigenvalue weighted by Gasteiger charge is -2.29. The van der Waals surface area contributed by atoms with Gasteiger partial charge in [-0.1, -0.05) is 17.7 Å². The number of morpholine rings is 1. The van der Waals surface area contributed by atoms with Gasteiger partial charge < -0.3 is 15.0 Å². The molecule has 0 spiro atoms. The molecule has 0 radical (unpaired) electrons. The number of amides is 1. The third-order valence-corrected chi connectivity index (χ3v) is 5.22. The summed E-state index contributed by atoms with van der Waals surface area (Å²) in [6.45, 7) is 6.66. The number of aromatic nitrogens is 1. The number of fused-ring (bicyclic) bond motifs is 1. The summed E-state index contributed by atoms with van der Waals surface area (Å²) < 4.78 is 19.9. The molecule has 0 unspecified atom stereocenters. The molecule has 0 atom stereocenters. The van der Waals surface area contributed by atoms with Crippen LogP contribution in [-0.2, 0) is 11.3 Å². The molecular formula is C23H24FN3O2. The Balaban J connectivity index is 1.47. The highest BCUT2D eigenvalue weighted by Crippen LogP contribution is 2.22. The van der Waals surface area contributed by atoms with Crippen LogP contribution in [0.2, 0.25) is 0 Å². The molecule has 4 rings (SSSR count). The van der Waals surface area contributed by atoms with Gasteiger partial charge in [-0.25, -0.2) is 4.39 Å². The Kier molecular flexibility index (Phi) is 5.45. The van der Waals surface area contributed by atoms with E-state index in [-0.39, 0.29) is 18.3 Å². The second kappa shape index (κ2) is 8.17. The molecule has 3 aromatic rings. The summed E-state index contributed by atoms with van der Waals surface area (Å²) in [5.41, 5.74) is 4.49. The fraction of sp³-hybridized carbons (Fsp3) is 0.304. The van der Waals surface area contributed by atoms with Crippen LogP contribution >= 0.6 is 0 Å². The molecule has 1 aromatic heterocycles. The second-order valence-corrected chi connectivity index (χ2v) is 7.39. The van der Waals surface area contributed by atoms with E-state index < -0.39 is 0 Å². The van der Waals surface area contributed by atoms with E-state index in [1.807, 2.05) is 49.1 Å². The predicted octanol–water partition coefficient (Wildman–Crippen LogP) is 3.76. The Labute approximate surface area is 169 Å². The Hall–Kier alpha value is -2.99. The summed E-state index contributed by atoms with van der Waals surface area (Å²) in [5.74, 6) is -0.492. The fourth-order valence-corrected chi connectivity index (χ4v) is 3.62. The van der Waals surface area contributed by atoms with E-state index in [0.29, 0.717) is 43.2 Å². The lowest BCUT2D eigenvalue weighted by Crippen LogP contribution is -2.36. The monoisotopic (exact) mass is 393 g/mol. The molecule has 1 saturated heterocycles. The van der Waals surface area contributed by atoms with Crippen molar-refractivity contribution in [1.29, 1.82) is 0 Å². The molecule has 29 heavy (non-hydrogen) atoms. The average Bonchev–Trinajstić information content (AvgIpc) is 2.72. The first-order valence-electron chi connectivity index (χ1n) is 9.78. The quantitative estimate of drug-likeness (QED) is 0.733. The van der Waals surface area contributed by atoms with Gasteiger partial charge in [0.2, 0.25) is 0 Å². The number of hydrogen-bond acceptors (Lipinski definition) is 4. The summed E-state index contributed by atoms with van der Waals surface area (Å²) in [7, 11) is 0. The van der Waals surface area contributed by atoms with E-state index in [2.05, 4.69) is 10.3 Å². The molecule has 5 nitrogen and oxygen atoms in total. The molecule has 0 saturated carbocycles. The number of nitrogens with one attached hydrogen (secondary N) is 1. The molecule has 1 amide bonds. The maximum Gasteiger partial charge on any atom is 0.253 e. The van der Waals surface area contributed by atoms with E-state index in [1.165, 1.54) is 6.07 Å². The topological polar surface area (TPSA) is 54.5 Å². The number of anilines is 1. The van der Waals surface area contributed by atoms with Gasteiger partial charge in [0.25, 0.3) is 5.91 Å². The number of benzene rings is 2. The Morgan fingerprint density at radius 2 is 1.93 bits per heavy atom. The maximum absolute atomic E-state index is 14.6. The van der Waals surface area contributed by atoms with Crippen molar-refractivity contribution >= 4 is 22.5 Å². The van der Waals surface area contributed by atoms with Crippen LogP contribution in [0.3, 0.4) is 0 Å². The highest BCUT2D eigenvalue weighted by molar-refractivity contribution is 5.98. The van der Waals surface area contributed by atoms with Crippen molar-refractivity contribution in [2.24, 2.45) is 0 Å². The average molecular weight is 393 g/mol. The lowest BCUT2D eigenvalue weighted by atomic mass is 10.1. The lowest BCUT2D eigenvalue weighted by molar-refractivity contribution is 0.0950. The van der Waals surface area contributed by atoms with Gasteiger partial charge in [-0.15, -0.1) is 0 Å². The predicted molar refractivity (Wildman–Crippen MR) is 112 cm³/mol. The SMILES string of the molecule is Cc1ccc2nc(C)c(C(=O)NCc3ccc(N4CCOCC4)c(F)c3)cc2c1. The van der Waals surface area contributed by atoms with E-state index in [1.54, 1.807) is 6.07 Å². The fourth-order valence-electron chi connectivity index (χ4n) is 3.62. The first-order valence-corrected chi connectivity index (χ1v) is 9.78. The highest BCUT2D eigenvalue weighted by atomic mass is 19.1. The summed E-state index contributed by atoms with van der Waals surface area (Å²) in [5, 5.41) is 3.81. The van der Waals surface area contributed by atoms with Crippen LogP contribution in [0.5, 0.6) is 0 Å². The molecule has 1 aliphatic heterocycles. The molecule has 1 aliphatic rings. The summed E-state index contributed by atoms with van der Waals surface area (Å²) in [6, 6.07) is 12.9. The van der Waals surface area contributed by atoms with Gasteiger partial charge in [0.05, 0.1) is 35.7 Å². The van der Waals surface area contributed by atoms with Gasteiger partial charge in [0.1, 0.15) is 5.82 Å². The minimum absolute atomic E-state index is 0.212.